The maximum absolute atomic E-state index is 12.4. The van der Waals surface area contributed by atoms with Gasteiger partial charge in [0.15, 0.2) is 0 Å². The van der Waals surface area contributed by atoms with Gasteiger partial charge in [0.05, 0.1) is 12.7 Å². The van der Waals surface area contributed by atoms with E-state index >= 15 is 0 Å². The lowest BCUT2D eigenvalue weighted by Crippen LogP contribution is -2.28. The Hall–Kier alpha value is -1.97. The minimum absolute atomic E-state index is 0.0249. The summed E-state index contributed by atoms with van der Waals surface area (Å²) in [5.74, 6) is 0.715. The van der Waals surface area contributed by atoms with Crippen molar-refractivity contribution < 1.29 is 9.53 Å². The predicted molar refractivity (Wildman–Crippen MR) is 72.2 cm³/mol. The number of methoxy groups -OCH3 is 1. The highest BCUT2D eigenvalue weighted by Gasteiger charge is 2.23. The highest BCUT2D eigenvalue weighted by Crippen LogP contribution is 2.25. The quantitative estimate of drug-likeness (QED) is 0.831. The first-order valence-electron chi connectivity index (χ1n) is 5.97. The second-order valence-electron chi connectivity index (χ2n) is 4.39. The van der Waals surface area contributed by atoms with Crippen LogP contribution in [0, 0.1) is 0 Å². The smallest absolute Gasteiger partial charge is 0.256 e. The number of hydrogen-bond donors (Lipinski definition) is 1. The van der Waals surface area contributed by atoms with Gasteiger partial charge in [-0.15, -0.1) is 0 Å². The molecule has 2 rings (SSSR count). The zero-order valence-corrected chi connectivity index (χ0v) is 10.8. The Balaban J connectivity index is 2.30. The molecule has 4 heteroatoms. The van der Waals surface area contributed by atoms with E-state index in [0.29, 0.717) is 17.9 Å². The fraction of sp³-hybridized carbons (Fsp3) is 0.357. The van der Waals surface area contributed by atoms with Crippen molar-refractivity contribution in [2.45, 2.75) is 6.42 Å². The number of carbonyl (C=O) groups is 1. The number of hydrogen-bond acceptors (Lipinski definition) is 3. The molecule has 1 fully saturated rings. The SMILES string of the molecule is C=C1CCN(C(=O)c2cc(OC)ccc2NC)C1. The van der Waals surface area contributed by atoms with Gasteiger partial charge in [-0.3, -0.25) is 4.79 Å². The first-order chi connectivity index (χ1) is 8.65. The third-order valence-corrected chi connectivity index (χ3v) is 3.16. The van der Waals surface area contributed by atoms with Crippen molar-refractivity contribution in [1.82, 2.24) is 4.90 Å². The van der Waals surface area contributed by atoms with Crippen molar-refractivity contribution in [3.05, 3.63) is 35.9 Å². The van der Waals surface area contributed by atoms with Gasteiger partial charge in [-0.05, 0) is 24.6 Å². The minimum atomic E-state index is 0.0249. The molecule has 1 aliphatic rings. The van der Waals surface area contributed by atoms with E-state index in [1.165, 1.54) is 0 Å². The lowest BCUT2D eigenvalue weighted by Gasteiger charge is -2.18. The van der Waals surface area contributed by atoms with E-state index in [1.54, 1.807) is 13.2 Å². The van der Waals surface area contributed by atoms with E-state index in [-0.39, 0.29) is 5.91 Å². The number of nitrogens with one attached hydrogen (secondary N) is 1. The molecule has 1 aliphatic heterocycles. The van der Waals surface area contributed by atoms with E-state index in [1.807, 2.05) is 24.1 Å². The third kappa shape index (κ3) is 2.32. The van der Waals surface area contributed by atoms with Crippen LogP contribution in [0.4, 0.5) is 5.69 Å². The molecular formula is C14H18N2O2. The number of likely N-dealkylation sites (tertiary alicyclic amines) is 1. The molecular weight excluding hydrogens is 228 g/mol. The van der Waals surface area contributed by atoms with Crippen molar-refractivity contribution >= 4 is 11.6 Å². The number of benzene rings is 1. The molecule has 0 atom stereocenters. The van der Waals surface area contributed by atoms with E-state index < -0.39 is 0 Å². The molecule has 0 unspecified atom stereocenters. The zero-order valence-electron chi connectivity index (χ0n) is 10.8. The summed E-state index contributed by atoms with van der Waals surface area (Å²) in [4.78, 5) is 14.2. The second-order valence-corrected chi connectivity index (χ2v) is 4.39. The number of carbonyl (C=O) groups excluding carboxylic acids is 1. The lowest BCUT2D eigenvalue weighted by molar-refractivity contribution is 0.0797. The molecule has 18 heavy (non-hydrogen) atoms. The average Bonchev–Trinajstić information content (AvgIpc) is 2.83. The first kappa shape index (κ1) is 12.5. The molecule has 1 aromatic rings. The Morgan fingerprint density at radius 3 is 2.83 bits per heavy atom. The Bertz CT molecular complexity index is 483. The van der Waals surface area contributed by atoms with Crippen LogP contribution in [-0.2, 0) is 0 Å². The minimum Gasteiger partial charge on any atom is -0.497 e. The summed E-state index contributed by atoms with van der Waals surface area (Å²) in [6.07, 6.45) is 0.893. The molecule has 0 aliphatic carbocycles. The Labute approximate surface area is 107 Å². The second kappa shape index (κ2) is 5.12. The topological polar surface area (TPSA) is 41.6 Å². The van der Waals surface area contributed by atoms with Gasteiger partial charge in [0, 0.05) is 25.8 Å². The van der Waals surface area contributed by atoms with Gasteiger partial charge in [-0.2, -0.15) is 0 Å². The summed E-state index contributed by atoms with van der Waals surface area (Å²) in [6.45, 7) is 5.32. The maximum Gasteiger partial charge on any atom is 0.256 e. The molecule has 0 bridgehead atoms. The van der Waals surface area contributed by atoms with Crippen molar-refractivity contribution in [2.75, 3.05) is 32.6 Å². The van der Waals surface area contributed by atoms with Gasteiger partial charge in [-0.1, -0.05) is 12.2 Å². The molecule has 0 spiro atoms. The number of nitrogens with zero attached hydrogens (tertiary/aromatic N) is 1. The maximum atomic E-state index is 12.4. The molecule has 1 saturated heterocycles. The molecule has 0 radical (unpaired) electrons. The molecule has 0 saturated carbocycles. The van der Waals surface area contributed by atoms with E-state index in [2.05, 4.69) is 11.9 Å². The monoisotopic (exact) mass is 246 g/mol. The van der Waals surface area contributed by atoms with E-state index in [4.69, 9.17) is 4.74 Å². The number of ether oxygens (including phenoxy) is 1. The largest absolute Gasteiger partial charge is 0.497 e. The molecule has 1 heterocycles. The van der Waals surface area contributed by atoms with Crippen LogP contribution < -0.4 is 10.1 Å². The fourth-order valence-corrected chi connectivity index (χ4v) is 2.11. The van der Waals surface area contributed by atoms with Gasteiger partial charge in [-0.25, -0.2) is 0 Å². The van der Waals surface area contributed by atoms with Crippen LogP contribution in [0.5, 0.6) is 5.75 Å². The summed E-state index contributed by atoms with van der Waals surface area (Å²) in [7, 11) is 3.40. The lowest BCUT2D eigenvalue weighted by atomic mass is 10.1. The Morgan fingerprint density at radius 2 is 2.28 bits per heavy atom. The molecule has 1 amide bonds. The van der Waals surface area contributed by atoms with Crippen LogP contribution >= 0.6 is 0 Å². The van der Waals surface area contributed by atoms with Gasteiger partial charge in [0.25, 0.3) is 5.91 Å². The van der Waals surface area contributed by atoms with Crippen molar-refractivity contribution in [2.24, 2.45) is 0 Å². The van der Waals surface area contributed by atoms with E-state index in [9.17, 15) is 4.79 Å². The van der Waals surface area contributed by atoms with E-state index in [0.717, 1.165) is 24.2 Å². The van der Waals surface area contributed by atoms with Crippen LogP contribution in [0.25, 0.3) is 0 Å². The highest BCUT2D eigenvalue weighted by atomic mass is 16.5. The highest BCUT2D eigenvalue weighted by molar-refractivity contribution is 6.00. The van der Waals surface area contributed by atoms with Crippen molar-refractivity contribution in [3.8, 4) is 5.75 Å². The molecule has 4 nitrogen and oxygen atoms in total. The summed E-state index contributed by atoms with van der Waals surface area (Å²) >= 11 is 0. The van der Waals surface area contributed by atoms with Gasteiger partial charge >= 0.3 is 0 Å². The van der Waals surface area contributed by atoms with Crippen LogP contribution in [0.3, 0.4) is 0 Å². The first-order valence-corrected chi connectivity index (χ1v) is 5.97. The summed E-state index contributed by atoms with van der Waals surface area (Å²) in [6, 6.07) is 5.47. The van der Waals surface area contributed by atoms with Crippen LogP contribution in [0.15, 0.2) is 30.4 Å². The molecule has 0 aromatic heterocycles. The fourth-order valence-electron chi connectivity index (χ4n) is 2.11. The van der Waals surface area contributed by atoms with Crippen LogP contribution in [0.2, 0.25) is 0 Å². The normalized spacial score (nSPS) is 14.8. The van der Waals surface area contributed by atoms with Gasteiger partial charge in [0.1, 0.15) is 5.75 Å². The van der Waals surface area contributed by atoms with Gasteiger partial charge < -0.3 is 15.0 Å². The number of anilines is 1. The van der Waals surface area contributed by atoms with Crippen molar-refractivity contribution in [3.63, 3.8) is 0 Å². The van der Waals surface area contributed by atoms with Gasteiger partial charge in [0.2, 0.25) is 0 Å². The number of rotatable bonds is 3. The molecule has 96 valence electrons. The average molecular weight is 246 g/mol. The zero-order chi connectivity index (χ0) is 13.1. The summed E-state index contributed by atoms with van der Waals surface area (Å²) in [5.41, 5.74) is 2.57. The molecule has 1 N–H and O–H groups in total. The number of amides is 1. The third-order valence-electron chi connectivity index (χ3n) is 3.16. The van der Waals surface area contributed by atoms with Crippen LogP contribution in [0.1, 0.15) is 16.8 Å². The summed E-state index contributed by atoms with van der Waals surface area (Å²) in [5, 5.41) is 3.04. The van der Waals surface area contributed by atoms with Crippen molar-refractivity contribution in [1.29, 1.82) is 0 Å². The van der Waals surface area contributed by atoms with Crippen LogP contribution in [-0.4, -0.2) is 38.1 Å². The Morgan fingerprint density at radius 1 is 1.50 bits per heavy atom. The predicted octanol–water partition coefficient (Wildman–Crippen LogP) is 2.14. The Kier molecular flexibility index (Phi) is 3.55. The summed E-state index contributed by atoms with van der Waals surface area (Å²) < 4.78 is 5.17. The standard InChI is InChI=1S/C14H18N2O2/c1-10-6-7-16(9-10)14(17)12-8-11(18-3)4-5-13(12)15-2/h4-5,8,15H,1,6-7,9H2,2-3H3. The molecule has 1 aromatic carbocycles.